The van der Waals surface area contributed by atoms with Crippen molar-refractivity contribution in [2.24, 2.45) is 5.92 Å². The Kier molecular flexibility index (Phi) is 4.98. The molecule has 4 heterocycles. The van der Waals surface area contributed by atoms with Gasteiger partial charge in [-0.3, -0.25) is 4.79 Å². The summed E-state index contributed by atoms with van der Waals surface area (Å²) in [6.45, 7) is 0.454. The number of hydrogen-bond acceptors (Lipinski definition) is 5. The van der Waals surface area contributed by atoms with Gasteiger partial charge in [0, 0.05) is 28.5 Å². The third-order valence-electron chi connectivity index (χ3n) is 5.87. The second-order valence-electron chi connectivity index (χ2n) is 7.61. The highest BCUT2D eigenvalue weighted by molar-refractivity contribution is 9.10. The molecule has 2 bridgehead atoms. The first-order valence-electron chi connectivity index (χ1n) is 9.83. The summed E-state index contributed by atoms with van der Waals surface area (Å²) >= 11 is 3.48. The van der Waals surface area contributed by atoms with E-state index in [-0.39, 0.29) is 23.9 Å². The van der Waals surface area contributed by atoms with Gasteiger partial charge >= 0.3 is 0 Å². The summed E-state index contributed by atoms with van der Waals surface area (Å²) in [5, 5.41) is 8.38. The highest BCUT2D eigenvalue weighted by atomic mass is 79.9. The van der Waals surface area contributed by atoms with Crippen LogP contribution in [0.15, 0.2) is 53.4 Å². The number of nitrogens with zero attached hydrogens (tertiary/aromatic N) is 5. The molecule has 0 radical (unpaired) electrons. The number of halogens is 2. The van der Waals surface area contributed by atoms with Gasteiger partial charge in [-0.05, 0) is 43.5 Å². The summed E-state index contributed by atoms with van der Waals surface area (Å²) in [6.07, 6.45) is 7.15. The van der Waals surface area contributed by atoms with Crippen molar-refractivity contribution in [2.45, 2.75) is 31.3 Å². The molecule has 2 aliphatic heterocycles. The van der Waals surface area contributed by atoms with Gasteiger partial charge in [-0.15, -0.1) is 0 Å². The SMILES string of the molecule is O=C(c1cc(Br)ccc1-n1nccn1)N1C2CCC1C(COc1ccc(F)cn1)C2. The van der Waals surface area contributed by atoms with Crippen LogP contribution in [0.2, 0.25) is 0 Å². The van der Waals surface area contributed by atoms with Crippen LogP contribution in [-0.4, -0.2) is 49.5 Å². The van der Waals surface area contributed by atoms with Gasteiger partial charge in [0.1, 0.15) is 5.82 Å². The first-order chi connectivity index (χ1) is 14.6. The maximum absolute atomic E-state index is 13.6. The van der Waals surface area contributed by atoms with Gasteiger partial charge in [-0.25, -0.2) is 9.37 Å². The third kappa shape index (κ3) is 3.47. The number of pyridine rings is 1. The topological polar surface area (TPSA) is 73.1 Å². The first kappa shape index (κ1) is 19.2. The van der Waals surface area contributed by atoms with Gasteiger partial charge in [-0.1, -0.05) is 15.9 Å². The van der Waals surface area contributed by atoms with E-state index in [1.807, 2.05) is 23.1 Å². The molecule has 5 rings (SSSR count). The van der Waals surface area contributed by atoms with Gasteiger partial charge in [0.2, 0.25) is 5.88 Å². The molecule has 2 saturated heterocycles. The van der Waals surface area contributed by atoms with Crippen LogP contribution in [0, 0.1) is 11.7 Å². The van der Waals surface area contributed by atoms with Crippen LogP contribution in [0.4, 0.5) is 4.39 Å². The third-order valence-corrected chi connectivity index (χ3v) is 6.36. The summed E-state index contributed by atoms with van der Waals surface area (Å²) in [6, 6.07) is 8.70. The molecule has 0 aliphatic carbocycles. The lowest BCUT2D eigenvalue weighted by molar-refractivity contribution is 0.0709. The van der Waals surface area contributed by atoms with Crippen molar-refractivity contribution in [1.29, 1.82) is 0 Å². The molecule has 3 aromatic rings. The maximum atomic E-state index is 13.6. The molecule has 154 valence electrons. The zero-order valence-electron chi connectivity index (χ0n) is 16.0. The largest absolute Gasteiger partial charge is 0.477 e. The maximum Gasteiger partial charge on any atom is 0.256 e. The van der Waals surface area contributed by atoms with E-state index in [1.54, 1.807) is 12.4 Å². The van der Waals surface area contributed by atoms with Crippen molar-refractivity contribution in [3.8, 4) is 11.6 Å². The smallest absolute Gasteiger partial charge is 0.256 e. The molecule has 2 fully saturated rings. The number of rotatable bonds is 5. The van der Waals surface area contributed by atoms with Crippen molar-refractivity contribution in [1.82, 2.24) is 24.9 Å². The average molecular weight is 472 g/mol. The summed E-state index contributed by atoms with van der Waals surface area (Å²) in [7, 11) is 0. The van der Waals surface area contributed by atoms with E-state index in [9.17, 15) is 9.18 Å². The molecule has 0 spiro atoms. The van der Waals surface area contributed by atoms with Crippen LogP contribution in [0.25, 0.3) is 5.69 Å². The zero-order valence-corrected chi connectivity index (χ0v) is 17.6. The number of fused-ring (bicyclic) bond motifs is 2. The lowest BCUT2D eigenvalue weighted by atomic mass is 9.90. The number of benzene rings is 1. The van der Waals surface area contributed by atoms with Crippen LogP contribution < -0.4 is 4.74 Å². The molecule has 1 amide bonds. The highest BCUT2D eigenvalue weighted by Gasteiger charge is 2.49. The molecule has 9 heteroatoms. The van der Waals surface area contributed by atoms with Crippen molar-refractivity contribution in [3.05, 3.63) is 64.8 Å². The Hall–Kier alpha value is -2.81. The fourth-order valence-corrected chi connectivity index (χ4v) is 4.94. The lowest BCUT2D eigenvalue weighted by Gasteiger charge is -2.25. The molecule has 0 N–H and O–H groups in total. The molecule has 1 aromatic carbocycles. The standard InChI is InChI=1S/C21H19BrFN5O2/c22-14-1-4-19(28-25-7-8-26-28)17(10-14)21(29)27-16-3-5-18(27)13(9-16)12-30-20-6-2-15(23)11-24-20/h1-2,4,6-8,10-11,13,16,18H,3,5,9,12H2. The van der Waals surface area contributed by atoms with Crippen LogP contribution in [0.3, 0.4) is 0 Å². The van der Waals surface area contributed by atoms with E-state index in [1.165, 1.54) is 16.9 Å². The monoisotopic (exact) mass is 471 g/mol. The van der Waals surface area contributed by atoms with E-state index in [0.29, 0.717) is 23.7 Å². The van der Waals surface area contributed by atoms with Crippen LogP contribution in [-0.2, 0) is 0 Å². The van der Waals surface area contributed by atoms with Crippen molar-refractivity contribution in [2.75, 3.05) is 6.61 Å². The quantitative estimate of drug-likeness (QED) is 0.567. The van der Waals surface area contributed by atoms with Crippen LogP contribution in [0.1, 0.15) is 29.6 Å². The molecule has 0 saturated carbocycles. The van der Waals surface area contributed by atoms with Crippen LogP contribution >= 0.6 is 15.9 Å². The van der Waals surface area contributed by atoms with Gasteiger partial charge in [-0.2, -0.15) is 15.0 Å². The first-order valence-corrected chi connectivity index (χ1v) is 10.6. The second kappa shape index (κ2) is 7.79. The van der Waals surface area contributed by atoms with Gasteiger partial charge < -0.3 is 9.64 Å². The van der Waals surface area contributed by atoms with Gasteiger partial charge in [0.25, 0.3) is 5.91 Å². The van der Waals surface area contributed by atoms with Gasteiger partial charge in [0.15, 0.2) is 0 Å². The average Bonchev–Trinajstić information content (AvgIpc) is 3.49. The number of carbonyl (C=O) groups excluding carboxylic acids is 1. The minimum atomic E-state index is -0.393. The molecule has 2 aliphatic rings. The molecular formula is C21H19BrFN5O2. The molecular weight excluding hydrogens is 453 g/mol. The van der Waals surface area contributed by atoms with Crippen molar-refractivity contribution < 1.29 is 13.9 Å². The predicted molar refractivity (Wildman–Crippen MR) is 110 cm³/mol. The van der Waals surface area contributed by atoms with Gasteiger partial charge in [0.05, 0.1) is 36.4 Å². The molecule has 2 aromatic heterocycles. The molecule has 3 unspecified atom stereocenters. The predicted octanol–water partition coefficient (Wildman–Crippen LogP) is 3.64. The number of carbonyl (C=O) groups is 1. The summed E-state index contributed by atoms with van der Waals surface area (Å²) in [5.41, 5.74) is 1.22. The Balaban J connectivity index is 1.36. The van der Waals surface area contributed by atoms with E-state index >= 15 is 0 Å². The number of aromatic nitrogens is 4. The zero-order chi connectivity index (χ0) is 20.7. The Labute approximate surface area is 181 Å². The van der Waals surface area contributed by atoms with E-state index in [4.69, 9.17) is 4.74 Å². The Morgan fingerprint density at radius 3 is 2.80 bits per heavy atom. The summed E-state index contributed by atoms with van der Waals surface area (Å²) in [4.78, 5) is 21.0. The van der Waals surface area contributed by atoms with Crippen molar-refractivity contribution >= 4 is 21.8 Å². The summed E-state index contributed by atoms with van der Waals surface area (Å²) < 4.78 is 19.7. The number of amides is 1. The van der Waals surface area contributed by atoms with E-state index < -0.39 is 5.82 Å². The molecule has 30 heavy (non-hydrogen) atoms. The fraction of sp³-hybridized carbons (Fsp3) is 0.333. The second-order valence-corrected chi connectivity index (χ2v) is 8.53. The minimum absolute atomic E-state index is 0.0153. The lowest BCUT2D eigenvalue weighted by Crippen LogP contribution is -2.38. The number of ether oxygens (including phenoxy) is 1. The fourth-order valence-electron chi connectivity index (χ4n) is 4.58. The minimum Gasteiger partial charge on any atom is -0.477 e. The molecule has 7 nitrogen and oxygen atoms in total. The highest BCUT2D eigenvalue weighted by Crippen LogP contribution is 2.43. The van der Waals surface area contributed by atoms with E-state index in [0.717, 1.165) is 29.9 Å². The molecule has 3 atom stereocenters. The van der Waals surface area contributed by atoms with Crippen molar-refractivity contribution in [3.63, 3.8) is 0 Å². The van der Waals surface area contributed by atoms with E-state index in [2.05, 4.69) is 31.1 Å². The number of hydrogen-bond donors (Lipinski definition) is 0. The van der Waals surface area contributed by atoms with Crippen LogP contribution in [0.5, 0.6) is 5.88 Å². The summed E-state index contributed by atoms with van der Waals surface area (Å²) in [5.74, 6) is 0.211. The Bertz CT molecular complexity index is 1060. The normalized spacial score (nSPS) is 22.5. The Morgan fingerprint density at radius 2 is 2.03 bits per heavy atom. The Morgan fingerprint density at radius 1 is 1.20 bits per heavy atom.